The second kappa shape index (κ2) is 3.97. The lowest BCUT2D eigenvalue weighted by atomic mass is 10.2. The van der Waals surface area contributed by atoms with Gasteiger partial charge in [-0.3, -0.25) is 0 Å². The molecule has 0 aliphatic carbocycles. The fraction of sp³-hybridized carbons (Fsp3) is 0.182. The quantitative estimate of drug-likeness (QED) is 0.860. The van der Waals surface area contributed by atoms with Crippen LogP contribution in [-0.4, -0.2) is 25.8 Å². The van der Waals surface area contributed by atoms with Crippen molar-refractivity contribution in [1.82, 2.24) is 14.8 Å². The average molecular weight is 235 g/mol. The summed E-state index contributed by atoms with van der Waals surface area (Å²) in [4.78, 5) is 14.8. The third kappa shape index (κ3) is 2.01. The molecule has 0 aliphatic heterocycles. The summed E-state index contributed by atoms with van der Waals surface area (Å²) in [6.07, 6.45) is 0.970. The molecule has 0 spiro atoms. The highest BCUT2D eigenvalue weighted by Gasteiger charge is 2.16. The van der Waals surface area contributed by atoms with Crippen LogP contribution < -0.4 is 0 Å². The lowest BCUT2D eigenvalue weighted by Gasteiger charge is -2.06. The lowest BCUT2D eigenvalue weighted by molar-refractivity contribution is 0.0695. The summed E-state index contributed by atoms with van der Waals surface area (Å²) in [6, 6.07) is 2.72. The summed E-state index contributed by atoms with van der Waals surface area (Å²) in [5.41, 5.74) is 1.27. The molecule has 0 aliphatic rings. The maximum Gasteiger partial charge on any atom is 0.339 e. The van der Waals surface area contributed by atoms with Crippen molar-refractivity contribution in [2.45, 2.75) is 13.8 Å². The number of aryl methyl sites for hydroxylation is 2. The molecule has 0 bridgehead atoms. The predicted octanol–water partition coefficient (Wildman–Crippen LogP) is 1.72. The molecule has 2 aromatic rings. The van der Waals surface area contributed by atoms with Gasteiger partial charge in [-0.15, -0.1) is 0 Å². The highest BCUT2D eigenvalue weighted by molar-refractivity contribution is 5.91. The summed E-state index contributed by atoms with van der Waals surface area (Å²) in [6.45, 7) is 3.56. The van der Waals surface area contributed by atoms with E-state index in [0.717, 1.165) is 23.7 Å². The molecular weight excluding hydrogens is 225 g/mol. The summed E-state index contributed by atoms with van der Waals surface area (Å²) in [5.74, 6) is -1.81. The number of hydrogen-bond donors (Lipinski definition) is 1. The van der Waals surface area contributed by atoms with E-state index in [4.69, 9.17) is 5.11 Å². The van der Waals surface area contributed by atoms with Gasteiger partial charge in [0.05, 0.1) is 11.9 Å². The first-order chi connectivity index (χ1) is 7.99. The van der Waals surface area contributed by atoms with Gasteiger partial charge in [-0.05, 0) is 26.0 Å². The van der Waals surface area contributed by atoms with Crippen molar-refractivity contribution in [1.29, 1.82) is 0 Å². The van der Waals surface area contributed by atoms with Gasteiger partial charge in [0.2, 0.25) is 0 Å². The Labute approximate surface area is 96.5 Å². The number of carboxylic acid groups (broad SMARTS) is 1. The number of pyridine rings is 1. The summed E-state index contributed by atoms with van der Waals surface area (Å²) in [7, 11) is 0. The molecule has 6 heteroatoms. The summed E-state index contributed by atoms with van der Waals surface area (Å²) in [5, 5.41) is 13.1. The molecule has 2 rings (SSSR count). The minimum absolute atomic E-state index is 0.115. The van der Waals surface area contributed by atoms with Gasteiger partial charge in [0.25, 0.3) is 0 Å². The maximum atomic E-state index is 13.0. The zero-order valence-electron chi connectivity index (χ0n) is 9.31. The van der Waals surface area contributed by atoms with Gasteiger partial charge in [-0.2, -0.15) is 5.10 Å². The van der Waals surface area contributed by atoms with Crippen LogP contribution in [0.15, 0.2) is 18.3 Å². The van der Waals surface area contributed by atoms with Crippen molar-refractivity contribution in [3.05, 3.63) is 41.1 Å². The molecule has 2 heterocycles. The SMILES string of the molecule is Cc1cc(C)n(-c2ncc(F)cc2C(=O)O)n1. The van der Waals surface area contributed by atoms with Crippen molar-refractivity contribution in [2.24, 2.45) is 0 Å². The molecule has 0 saturated carbocycles. The van der Waals surface area contributed by atoms with E-state index in [1.54, 1.807) is 19.9 Å². The molecule has 0 amide bonds. The van der Waals surface area contributed by atoms with Crippen LogP contribution in [0.25, 0.3) is 5.82 Å². The first-order valence-corrected chi connectivity index (χ1v) is 4.91. The number of aromatic nitrogens is 3. The van der Waals surface area contributed by atoms with E-state index < -0.39 is 11.8 Å². The van der Waals surface area contributed by atoms with Gasteiger partial charge in [0.1, 0.15) is 11.4 Å². The molecule has 0 saturated heterocycles. The number of nitrogens with zero attached hydrogens (tertiary/aromatic N) is 3. The van der Waals surface area contributed by atoms with E-state index in [1.165, 1.54) is 4.68 Å². The third-order valence-electron chi connectivity index (χ3n) is 2.27. The first kappa shape index (κ1) is 11.3. The molecule has 1 N–H and O–H groups in total. The average Bonchev–Trinajstić information content (AvgIpc) is 2.57. The van der Waals surface area contributed by atoms with Gasteiger partial charge in [0.15, 0.2) is 5.82 Å². The van der Waals surface area contributed by atoms with E-state index in [0.29, 0.717) is 0 Å². The van der Waals surface area contributed by atoms with Crippen molar-refractivity contribution < 1.29 is 14.3 Å². The molecule has 88 valence electrons. The highest BCUT2D eigenvalue weighted by Crippen LogP contribution is 2.15. The van der Waals surface area contributed by atoms with E-state index in [-0.39, 0.29) is 11.4 Å². The second-order valence-corrected chi connectivity index (χ2v) is 3.67. The molecule has 0 unspecified atom stereocenters. The topological polar surface area (TPSA) is 68.0 Å². The van der Waals surface area contributed by atoms with Crippen LogP contribution in [0.4, 0.5) is 4.39 Å². The number of rotatable bonds is 2. The predicted molar refractivity (Wildman–Crippen MR) is 57.8 cm³/mol. The Morgan fingerprint density at radius 3 is 2.65 bits per heavy atom. The largest absolute Gasteiger partial charge is 0.478 e. The van der Waals surface area contributed by atoms with Gasteiger partial charge in [-0.25, -0.2) is 18.9 Å². The normalized spacial score (nSPS) is 10.5. The van der Waals surface area contributed by atoms with Gasteiger partial charge >= 0.3 is 5.97 Å². The Morgan fingerprint density at radius 1 is 1.41 bits per heavy atom. The van der Waals surface area contributed by atoms with Gasteiger partial charge in [0, 0.05) is 5.69 Å². The highest BCUT2D eigenvalue weighted by atomic mass is 19.1. The van der Waals surface area contributed by atoms with Gasteiger partial charge < -0.3 is 5.11 Å². The Kier molecular flexibility index (Phi) is 2.63. The Balaban J connectivity index is 2.67. The molecule has 0 aromatic carbocycles. The Bertz CT molecular complexity index is 592. The lowest BCUT2D eigenvalue weighted by Crippen LogP contribution is -2.10. The molecule has 17 heavy (non-hydrogen) atoms. The molecule has 0 radical (unpaired) electrons. The van der Waals surface area contributed by atoms with Crippen molar-refractivity contribution >= 4 is 5.97 Å². The minimum Gasteiger partial charge on any atom is -0.478 e. The van der Waals surface area contributed by atoms with Crippen molar-refractivity contribution in [3.63, 3.8) is 0 Å². The Hall–Kier alpha value is -2.24. The number of carbonyl (C=O) groups is 1. The van der Waals surface area contributed by atoms with Crippen LogP contribution in [0.3, 0.4) is 0 Å². The van der Waals surface area contributed by atoms with Crippen LogP contribution in [0.2, 0.25) is 0 Å². The number of halogens is 1. The fourth-order valence-electron chi connectivity index (χ4n) is 1.60. The van der Waals surface area contributed by atoms with E-state index in [9.17, 15) is 9.18 Å². The first-order valence-electron chi connectivity index (χ1n) is 4.91. The Morgan fingerprint density at radius 2 is 2.12 bits per heavy atom. The third-order valence-corrected chi connectivity index (χ3v) is 2.27. The number of aromatic carboxylic acids is 1. The molecule has 5 nitrogen and oxygen atoms in total. The second-order valence-electron chi connectivity index (χ2n) is 3.67. The van der Waals surface area contributed by atoms with Crippen LogP contribution >= 0.6 is 0 Å². The van der Waals surface area contributed by atoms with Crippen LogP contribution in [0.5, 0.6) is 0 Å². The van der Waals surface area contributed by atoms with E-state index >= 15 is 0 Å². The standard InChI is InChI=1S/C11H10FN3O2/c1-6-3-7(2)15(14-6)10-9(11(16)17)4-8(12)5-13-10/h3-5H,1-2H3,(H,16,17). The van der Waals surface area contributed by atoms with Crippen LogP contribution in [0, 0.1) is 19.7 Å². The van der Waals surface area contributed by atoms with E-state index in [2.05, 4.69) is 10.1 Å². The molecule has 0 fully saturated rings. The minimum atomic E-state index is -1.24. The molecule has 0 atom stereocenters. The number of carboxylic acids is 1. The molecular formula is C11H10FN3O2. The number of hydrogen-bond acceptors (Lipinski definition) is 3. The summed E-state index contributed by atoms with van der Waals surface area (Å²) < 4.78 is 14.4. The zero-order chi connectivity index (χ0) is 12.6. The monoisotopic (exact) mass is 235 g/mol. The van der Waals surface area contributed by atoms with Crippen molar-refractivity contribution in [3.8, 4) is 5.82 Å². The zero-order valence-corrected chi connectivity index (χ0v) is 9.31. The smallest absolute Gasteiger partial charge is 0.339 e. The van der Waals surface area contributed by atoms with Gasteiger partial charge in [-0.1, -0.05) is 0 Å². The van der Waals surface area contributed by atoms with E-state index in [1.807, 2.05) is 0 Å². The molecule has 2 aromatic heterocycles. The van der Waals surface area contributed by atoms with Crippen LogP contribution in [0.1, 0.15) is 21.7 Å². The maximum absolute atomic E-state index is 13.0. The fourth-order valence-corrected chi connectivity index (χ4v) is 1.60. The summed E-state index contributed by atoms with van der Waals surface area (Å²) >= 11 is 0. The van der Waals surface area contributed by atoms with Crippen molar-refractivity contribution in [2.75, 3.05) is 0 Å². The van der Waals surface area contributed by atoms with Crippen LogP contribution in [-0.2, 0) is 0 Å².